The van der Waals surface area contributed by atoms with Crippen LogP contribution in [0.15, 0.2) is 36.5 Å². The number of halogens is 1. The van der Waals surface area contributed by atoms with Gasteiger partial charge in [-0.05, 0) is 11.6 Å². The van der Waals surface area contributed by atoms with Gasteiger partial charge in [0.15, 0.2) is 0 Å². The third-order valence-corrected chi connectivity index (χ3v) is 1.26. The van der Waals surface area contributed by atoms with Crippen LogP contribution in [0.1, 0.15) is 5.56 Å². The van der Waals surface area contributed by atoms with E-state index in [9.17, 15) is 0 Å². The molecule has 0 saturated heterocycles. The molecule has 1 nitrogen and oxygen atoms in total. The topological polar surface area (TPSA) is 12.0 Å². The molecule has 2 heteroatoms. The van der Waals surface area contributed by atoms with E-state index < -0.39 is 0 Å². The molecule has 0 aliphatic rings. The van der Waals surface area contributed by atoms with Gasteiger partial charge in [0.05, 0.1) is 0 Å². The average Bonchev–Trinajstić information content (AvgIpc) is 2.03. The molecule has 1 rings (SSSR count). The molecule has 0 aromatic heterocycles. The van der Waals surface area contributed by atoms with E-state index >= 15 is 0 Å². The van der Waals surface area contributed by atoms with E-state index in [0.717, 1.165) is 5.56 Å². The van der Waals surface area contributed by atoms with Crippen LogP contribution in [0.2, 0.25) is 0 Å². The summed E-state index contributed by atoms with van der Waals surface area (Å²) in [7, 11) is 0. The molecule has 0 radical (unpaired) electrons. The fourth-order valence-corrected chi connectivity index (χ4v) is 0.755. The van der Waals surface area contributed by atoms with Crippen LogP contribution in [-0.4, -0.2) is 0 Å². The molecular weight excluding hydrogens is 146 g/mol. The van der Waals surface area contributed by atoms with Crippen LogP contribution in [0.5, 0.6) is 0 Å². The maximum atomic E-state index is 5.21. The van der Waals surface area contributed by atoms with Crippen LogP contribution in [0.25, 0.3) is 6.08 Å². The van der Waals surface area contributed by atoms with Crippen molar-refractivity contribution >= 4 is 17.9 Å². The lowest BCUT2D eigenvalue weighted by Crippen LogP contribution is -1.79. The lowest BCUT2D eigenvalue weighted by molar-refractivity contribution is 1.41. The summed E-state index contributed by atoms with van der Waals surface area (Å²) < 4.78 is 0. The van der Waals surface area contributed by atoms with Crippen molar-refractivity contribution in [3.63, 3.8) is 0 Å². The summed E-state index contributed by atoms with van der Waals surface area (Å²) in [5, 5.41) is 0. The minimum absolute atomic E-state index is 1.13. The Morgan fingerprint density at radius 1 is 1.20 bits per heavy atom. The van der Waals surface area contributed by atoms with Crippen molar-refractivity contribution in [2.75, 3.05) is 0 Å². The van der Waals surface area contributed by atoms with Gasteiger partial charge in [0.25, 0.3) is 0 Å². The van der Waals surface area contributed by atoms with Crippen molar-refractivity contribution < 1.29 is 0 Å². The van der Waals surface area contributed by atoms with Gasteiger partial charge in [-0.15, -0.1) is 0 Å². The minimum atomic E-state index is 1.13. The molecule has 1 N–H and O–H groups in total. The lowest BCUT2D eigenvalue weighted by Gasteiger charge is -1.88. The lowest BCUT2D eigenvalue weighted by atomic mass is 10.2. The van der Waals surface area contributed by atoms with Gasteiger partial charge in [-0.3, -0.25) is 0 Å². The second kappa shape index (κ2) is 3.96. The number of rotatable bonds is 2. The molecule has 0 bridgehead atoms. The highest BCUT2D eigenvalue weighted by Gasteiger charge is 1.79. The predicted molar refractivity (Wildman–Crippen MR) is 44.5 cm³/mol. The molecule has 0 aliphatic heterocycles. The first kappa shape index (κ1) is 7.16. The van der Waals surface area contributed by atoms with Gasteiger partial charge in [0.2, 0.25) is 0 Å². The van der Waals surface area contributed by atoms with E-state index in [4.69, 9.17) is 11.8 Å². The van der Waals surface area contributed by atoms with Crippen molar-refractivity contribution in [3.8, 4) is 0 Å². The Bertz CT molecular complexity index is 206. The van der Waals surface area contributed by atoms with Crippen molar-refractivity contribution in [2.24, 2.45) is 0 Å². The Labute approximate surface area is 65.4 Å². The number of benzene rings is 1. The fraction of sp³-hybridized carbons (Fsp3) is 0. The van der Waals surface area contributed by atoms with Crippen molar-refractivity contribution in [3.05, 3.63) is 42.1 Å². The molecule has 0 atom stereocenters. The van der Waals surface area contributed by atoms with Gasteiger partial charge in [0, 0.05) is 18.0 Å². The molecule has 0 fully saturated rings. The summed E-state index contributed by atoms with van der Waals surface area (Å²) in [6.07, 6.45) is 3.57. The van der Waals surface area contributed by atoms with Gasteiger partial charge < -0.3 is 4.84 Å². The molecule has 0 amide bonds. The Morgan fingerprint density at radius 3 is 2.50 bits per heavy atom. The summed E-state index contributed by atoms with van der Waals surface area (Å²) in [6.45, 7) is 0. The van der Waals surface area contributed by atoms with E-state index in [-0.39, 0.29) is 0 Å². The number of hydrogen-bond donors (Lipinski definition) is 1. The highest BCUT2D eigenvalue weighted by Crippen LogP contribution is 1.99. The Kier molecular flexibility index (Phi) is 2.84. The summed E-state index contributed by atoms with van der Waals surface area (Å²) in [6, 6.07) is 9.95. The molecule has 1 aromatic rings. The summed E-state index contributed by atoms with van der Waals surface area (Å²) in [5.41, 5.74) is 1.13. The first-order chi connectivity index (χ1) is 4.93. The van der Waals surface area contributed by atoms with Crippen LogP contribution in [0.3, 0.4) is 0 Å². The van der Waals surface area contributed by atoms with E-state index in [0.29, 0.717) is 0 Å². The Hall–Kier alpha value is -0.950. The van der Waals surface area contributed by atoms with Crippen LogP contribution in [0.4, 0.5) is 0 Å². The quantitative estimate of drug-likeness (QED) is 0.644. The summed E-state index contributed by atoms with van der Waals surface area (Å²) in [5.74, 6) is 0. The third-order valence-electron chi connectivity index (χ3n) is 1.14. The molecule has 1 aromatic carbocycles. The highest BCUT2D eigenvalue weighted by molar-refractivity contribution is 6.14. The molecule has 52 valence electrons. The maximum absolute atomic E-state index is 5.21. The van der Waals surface area contributed by atoms with E-state index in [1.54, 1.807) is 6.20 Å². The Morgan fingerprint density at radius 2 is 1.90 bits per heavy atom. The molecule has 0 aliphatic carbocycles. The van der Waals surface area contributed by atoms with Crippen molar-refractivity contribution in [2.45, 2.75) is 0 Å². The van der Waals surface area contributed by atoms with E-state index in [1.807, 2.05) is 36.4 Å². The zero-order chi connectivity index (χ0) is 7.23. The molecular formula is C8H8ClN. The normalized spacial score (nSPS) is 10.1. The monoisotopic (exact) mass is 153 g/mol. The van der Waals surface area contributed by atoms with E-state index in [1.165, 1.54) is 0 Å². The van der Waals surface area contributed by atoms with Crippen molar-refractivity contribution in [1.82, 2.24) is 4.84 Å². The summed E-state index contributed by atoms with van der Waals surface area (Å²) in [4.78, 5) is 2.41. The van der Waals surface area contributed by atoms with Crippen LogP contribution < -0.4 is 4.84 Å². The van der Waals surface area contributed by atoms with Crippen molar-refractivity contribution in [1.29, 1.82) is 0 Å². The van der Waals surface area contributed by atoms with Gasteiger partial charge in [-0.25, -0.2) is 0 Å². The van der Waals surface area contributed by atoms with Crippen LogP contribution in [-0.2, 0) is 0 Å². The minimum Gasteiger partial charge on any atom is -0.306 e. The van der Waals surface area contributed by atoms with E-state index in [2.05, 4.69) is 4.84 Å². The zero-order valence-corrected chi connectivity index (χ0v) is 6.18. The van der Waals surface area contributed by atoms with Gasteiger partial charge >= 0.3 is 0 Å². The third kappa shape index (κ3) is 2.11. The maximum Gasteiger partial charge on any atom is 0.0134 e. The molecule has 10 heavy (non-hydrogen) atoms. The second-order valence-electron chi connectivity index (χ2n) is 1.85. The SMILES string of the molecule is ClNC=Cc1ccccc1. The molecule has 0 heterocycles. The smallest absolute Gasteiger partial charge is 0.0134 e. The zero-order valence-electron chi connectivity index (χ0n) is 5.42. The largest absolute Gasteiger partial charge is 0.306 e. The first-order valence-corrected chi connectivity index (χ1v) is 3.39. The molecule has 0 unspecified atom stereocenters. The highest BCUT2D eigenvalue weighted by atomic mass is 35.5. The number of hydrogen-bond acceptors (Lipinski definition) is 1. The molecule has 0 saturated carbocycles. The van der Waals surface area contributed by atoms with Gasteiger partial charge in [0.1, 0.15) is 0 Å². The van der Waals surface area contributed by atoms with Gasteiger partial charge in [-0.2, -0.15) is 0 Å². The Balaban J connectivity index is 2.67. The van der Waals surface area contributed by atoms with Gasteiger partial charge in [-0.1, -0.05) is 30.3 Å². The van der Waals surface area contributed by atoms with Crippen LogP contribution in [0, 0.1) is 0 Å². The average molecular weight is 154 g/mol. The second-order valence-corrected chi connectivity index (χ2v) is 2.07. The molecule has 0 spiro atoms. The van der Waals surface area contributed by atoms with Crippen LogP contribution >= 0.6 is 11.8 Å². The predicted octanol–water partition coefficient (Wildman–Crippen LogP) is 2.40. The first-order valence-electron chi connectivity index (χ1n) is 3.01. The summed E-state index contributed by atoms with van der Waals surface area (Å²) >= 11 is 5.21. The number of nitrogens with one attached hydrogen (secondary N) is 1. The standard InChI is InChI=1S/C8H8ClN/c9-10-7-6-8-4-2-1-3-5-8/h1-7,10H. The fourth-order valence-electron chi connectivity index (χ4n) is 0.692.